The van der Waals surface area contributed by atoms with Crippen molar-refractivity contribution in [3.63, 3.8) is 0 Å². The molecule has 2 heterocycles. The Kier molecular flexibility index (Phi) is 5.76. The van der Waals surface area contributed by atoms with Crippen LogP contribution in [0.15, 0.2) is 11.4 Å². The number of thiazole rings is 1. The Hall–Kier alpha value is -2.46. The average Bonchev–Trinajstić information content (AvgIpc) is 3.29. The standard InChI is InChI=1S/C17H24N6O3S/c1-9-5-13(22-23(9)2)16(26)21-12-6-10(7-14(12)24)15(25)19-4-3-11-8-27-17(18)20-11/h5,8,10,12,14,24H,3-4,6-7H2,1-2H3,(H2,18,20)(H,19,25)(H,21,26)/t10-,12-,14-/m0/s1. The van der Waals surface area contributed by atoms with E-state index in [2.05, 4.69) is 20.7 Å². The molecule has 0 saturated heterocycles. The molecule has 9 nitrogen and oxygen atoms in total. The normalized spacial score (nSPS) is 22.0. The van der Waals surface area contributed by atoms with E-state index in [4.69, 9.17) is 5.73 Å². The predicted molar refractivity (Wildman–Crippen MR) is 101 cm³/mol. The molecule has 0 aliphatic heterocycles. The zero-order valence-electron chi connectivity index (χ0n) is 15.3. The van der Waals surface area contributed by atoms with Gasteiger partial charge in [0.2, 0.25) is 5.91 Å². The van der Waals surface area contributed by atoms with E-state index in [1.54, 1.807) is 17.8 Å². The van der Waals surface area contributed by atoms with Crippen LogP contribution in [0, 0.1) is 12.8 Å². The Morgan fingerprint density at radius 2 is 2.22 bits per heavy atom. The highest BCUT2D eigenvalue weighted by Crippen LogP contribution is 2.26. The molecule has 0 radical (unpaired) electrons. The maximum atomic E-state index is 12.3. The SMILES string of the molecule is Cc1cc(C(=O)N[C@H]2C[C@H](C(=O)NCCc3csc(N)n3)C[C@@H]2O)nn1C. The van der Waals surface area contributed by atoms with Crippen LogP contribution in [-0.2, 0) is 18.3 Å². The molecule has 27 heavy (non-hydrogen) atoms. The number of amides is 2. The van der Waals surface area contributed by atoms with Gasteiger partial charge < -0.3 is 21.5 Å². The number of nitrogens with zero attached hydrogens (tertiary/aromatic N) is 3. The molecule has 2 aromatic heterocycles. The minimum absolute atomic E-state index is 0.123. The van der Waals surface area contributed by atoms with E-state index in [1.165, 1.54) is 11.3 Å². The summed E-state index contributed by atoms with van der Waals surface area (Å²) in [5.41, 5.74) is 7.60. The fourth-order valence-corrected chi connectivity index (χ4v) is 3.79. The summed E-state index contributed by atoms with van der Waals surface area (Å²) in [6.07, 6.45) is 0.567. The number of anilines is 1. The van der Waals surface area contributed by atoms with E-state index in [9.17, 15) is 14.7 Å². The second-order valence-corrected chi connectivity index (χ2v) is 7.72. The lowest BCUT2D eigenvalue weighted by Gasteiger charge is -2.15. The third-order valence-electron chi connectivity index (χ3n) is 4.81. The predicted octanol–water partition coefficient (Wildman–Crippen LogP) is -0.00458. The summed E-state index contributed by atoms with van der Waals surface area (Å²) >= 11 is 1.37. The van der Waals surface area contributed by atoms with Crippen molar-refractivity contribution in [2.75, 3.05) is 12.3 Å². The second-order valence-electron chi connectivity index (χ2n) is 6.83. The first-order chi connectivity index (χ1) is 12.8. The number of nitrogen functional groups attached to an aromatic ring is 1. The molecule has 5 N–H and O–H groups in total. The molecular formula is C17H24N6O3S. The van der Waals surface area contributed by atoms with Gasteiger partial charge >= 0.3 is 0 Å². The van der Waals surface area contributed by atoms with Crippen molar-refractivity contribution in [1.29, 1.82) is 0 Å². The summed E-state index contributed by atoms with van der Waals surface area (Å²) < 4.78 is 1.62. The molecular weight excluding hydrogens is 368 g/mol. The minimum Gasteiger partial charge on any atom is -0.391 e. The van der Waals surface area contributed by atoms with Gasteiger partial charge in [0.05, 0.1) is 17.8 Å². The highest BCUT2D eigenvalue weighted by atomic mass is 32.1. The van der Waals surface area contributed by atoms with Crippen LogP contribution in [0.25, 0.3) is 0 Å². The molecule has 10 heteroatoms. The monoisotopic (exact) mass is 392 g/mol. The summed E-state index contributed by atoms with van der Waals surface area (Å²) in [5.74, 6) is -0.802. The maximum absolute atomic E-state index is 12.3. The van der Waals surface area contributed by atoms with Crippen molar-refractivity contribution < 1.29 is 14.7 Å². The summed E-state index contributed by atoms with van der Waals surface area (Å²) in [6.45, 7) is 2.31. The van der Waals surface area contributed by atoms with E-state index in [0.717, 1.165) is 11.4 Å². The number of nitrogens with one attached hydrogen (secondary N) is 2. The number of hydrogen-bond acceptors (Lipinski definition) is 7. The van der Waals surface area contributed by atoms with Crippen LogP contribution < -0.4 is 16.4 Å². The van der Waals surface area contributed by atoms with Crippen molar-refractivity contribution in [3.8, 4) is 0 Å². The van der Waals surface area contributed by atoms with Crippen molar-refractivity contribution in [3.05, 3.63) is 28.5 Å². The van der Waals surface area contributed by atoms with Crippen molar-refractivity contribution in [1.82, 2.24) is 25.4 Å². The van der Waals surface area contributed by atoms with Crippen LogP contribution in [0.1, 0.15) is 34.7 Å². The molecule has 1 aliphatic rings. The number of aromatic nitrogens is 3. The topological polar surface area (TPSA) is 135 Å². The quantitative estimate of drug-likeness (QED) is 0.546. The Balaban J connectivity index is 1.48. The number of aryl methyl sites for hydroxylation is 2. The highest BCUT2D eigenvalue weighted by molar-refractivity contribution is 7.13. The summed E-state index contributed by atoms with van der Waals surface area (Å²) in [6, 6.07) is 1.22. The molecule has 1 fully saturated rings. The second kappa shape index (κ2) is 8.05. The van der Waals surface area contributed by atoms with Crippen LogP contribution in [-0.4, -0.2) is 50.4 Å². The Labute approximate surface area is 161 Å². The van der Waals surface area contributed by atoms with Crippen LogP contribution in [0.3, 0.4) is 0 Å². The van der Waals surface area contributed by atoms with E-state index in [1.807, 2.05) is 12.3 Å². The molecule has 1 saturated carbocycles. The summed E-state index contributed by atoms with van der Waals surface area (Å²) in [7, 11) is 1.76. The fraction of sp³-hybridized carbons (Fsp3) is 0.529. The van der Waals surface area contributed by atoms with Crippen molar-refractivity contribution >= 4 is 28.3 Å². The number of aliphatic hydroxyl groups is 1. The number of nitrogens with two attached hydrogens (primary N) is 1. The number of aliphatic hydroxyl groups excluding tert-OH is 1. The van der Waals surface area contributed by atoms with Gasteiger partial charge in [-0.2, -0.15) is 5.10 Å². The summed E-state index contributed by atoms with van der Waals surface area (Å²) in [4.78, 5) is 28.8. The molecule has 0 spiro atoms. The fourth-order valence-electron chi connectivity index (χ4n) is 3.19. The van der Waals surface area contributed by atoms with Crippen LogP contribution in [0.2, 0.25) is 0 Å². The lowest BCUT2D eigenvalue weighted by Crippen LogP contribution is -2.40. The van der Waals surface area contributed by atoms with Gasteiger partial charge in [0.15, 0.2) is 5.13 Å². The molecule has 2 amide bonds. The van der Waals surface area contributed by atoms with E-state index in [0.29, 0.717) is 36.6 Å². The third-order valence-corrected chi connectivity index (χ3v) is 5.54. The first-order valence-electron chi connectivity index (χ1n) is 8.80. The minimum atomic E-state index is -0.757. The van der Waals surface area contributed by atoms with E-state index < -0.39 is 12.1 Å². The summed E-state index contributed by atoms with van der Waals surface area (Å²) in [5, 5.41) is 22.4. The zero-order valence-corrected chi connectivity index (χ0v) is 16.1. The van der Waals surface area contributed by atoms with Crippen LogP contribution in [0.4, 0.5) is 5.13 Å². The van der Waals surface area contributed by atoms with Crippen LogP contribution in [0.5, 0.6) is 0 Å². The van der Waals surface area contributed by atoms with Gasteiger partial charge in [-0.3, -0.25) is 14.3 Å². The average molecular weight is 392 g/mol. The smallest absolute Gasteiger partial charge is 0.272 e. The lowest BCUT2D eigenvalue weighted by molar-refractivity contribution is -0.125. The maximum Gasteiger partial charge on any atom is 0.272 e. The van der Waals surface area contributed by atoms with Crippen molar-refractivity contribution in [2.45, 2.75) is 38.3 Å². The highest BCUT2D eigenvalue weighted by Gasteiger charge is 2.37. The van der Waals surface area contributed by atoms with Crippen molar-refractivity contribution in [2.24, 2.45) is 13.0 Å². The molecule has 3 rings (SSSR count). The third kappa shape index (κ3) is 4.64. The van der Waals surface area contributed by atoms with E-state index in [-0.39, 0.29) is 17.7 Å². The van der Waals surface area contributed by atoms with Gasteiger partial charge in [-0.25, -0.2) is 4.98 Å². The van der Waals surface area contributed by atoms with Gasteiger partial charge in [0, 0.05) is 37.0 Å². The Bertz CT molecular complexity index is 813. The number of carbonyl (C=O) groups is 2. The lowest BCUT2D eigenvalue weighted by atomic mass is 10.1. The molecule has 0 bridgehead atoms. The number of carbonyl (C=O) groups excluding carboxylic acids is 2. The first-order valence-corrected chi connectivity index (χ1v) is 9.68. The Morgan fingerprint density at radius 1 is 1.44 bits per heavy atom. The van der Waals surface area contributed by atoms with Gasteiger partial charge in [-0.15, -0.1) is 11.3 Å². The van der Waals surface area contributed by atoms with Gasteiger partial charge in [-0.05, 0) is 25.8 Å². The largest absolute Gasteiger partial charge is 0.391 e. The van der Waals surface area contributed by atoms with E-state index >= 15 is 0 Å². The van der Waals surface area contributed by atoms with Gasteiger partial charge in [-0.1, -0.05) is 0 Å². The Morgan fingerprint density at radius 3 is 2.85 bits per heavy atom. The first kappa shape index (κ1) is 19.3. The molecule has 3 atom stereocenters. The molecule has 2 aromatic rings. The molecule has 1 aliphatic carbocycles. The van der Waals surface area contributed by atoms with Crippen LogP contribution >= 0.6 is 11.3 Å². The van der Waals surface area contributed by atoms with Gasteiger partial charge in [0.1, 0.15) is 5.69 Å². The van der Waals surface area contributed by atoms with Gasteiger partial charge in [0.25, 0.3) is 5.91 Å². The number of hydrogen-bond donors (Lipinski definition) is 4. The number of rotatable bonds is 6. The zero-order chi connectivity index (χ0) is 19.6. The molecule has 146 valence electrons. The molecule has 0 aromatic carbocycles. The molecule has 0 unspecified atom stereocenters.